The van der Waals surface area contributed by atoms with Gasteiger partial charge in [-0.05, 0) is 45.1 Å². The van der Waals surface area contributed by atoms with Gasteiger partial charge in [0.15, 0.2) is 0 Å². The molecule has 0 N–H and O–H groups in total. The Morgan fingerprint density at radius 3 is 2.67 bits per heavy atom. The summed E-state index contributed by atoms with van der Waals surface area (Å²) in [4.78, 5) is 38.2. The molecule has 6 heteroatoms. The summed E-state index contributed by atoms with van der Waals surface area (Å²) in [5.74, 6) is 1.01. The third-order valence-corrected chi connectivity index (χ3v) is 6.33. The molecule has 2 aliphatic heterocycles. The third kappa shape index (κ3) is 4.09. The molecule has 158 valence electrons. The van der Waals surface area contributed by atoms with E-state index in [1.807, 2.05) is 18.0 Å². The Bertz CT molecular complexity index is 958. The van der Waals surface area contributed by atoms with Gasteiger partial charge in [0.25, 0.3) is 0 Å². The lowest BCUT2D eigenvalue weighted by Crippen LogP contribution is -2.50. The number of benzene rings is 1. The van der Waals surface area contributed by atoms with E-state index in [0.29, 0.717) is 13.1 Å². The molecule has 0 saturated carbocycles. The minimum absolute atomic E-state index is 0.00688. The van der Waals surface area contributed by atoms with E-state index in [0.717, 1.165) is 54.9 Å². The predicted octanol–water partition coefficient (Wildman–Crippen LogP) is 3.48. The number of rotatable bonds is 3. The lowest BCUT2D eigenvalue weighted by Gasteiger charge is -2.36. The van der Waals surface area contributed by atoms with Gasteiger partial charge in [-0.15, -0.1) is 0 Å². The monoisotopic (exact) mass is 406 g/mol. The number of piperidine rings is 1. The van der Waals surface area contributed by atoms with Gasteiger partial charge >= 0.3 is 0 Å². The highest BCUT2D eigenvalue weighted by molar-refractivity contribution is 5.87. The molecule has 2 aliphatic rings. The van der Waals surface area contributed by atoms with Crippen LogP contribution in [-0.4, -0.2) is 57.3 Å². The maximum Gasteiger partial charge on any atom is 0.245 e. The first-order chi connectivity index (χ1) is 14.4. The fourth-order valence-corrected chi connectivity index (χ4v) is 4.85. The second kappa shape index (κ2) is 8.54. The van der Waals surface area contributed by atoms with E-state index in [1.165, 1.54) is 5.56 Å². The molecule has 0 bridgehead atoms. The largest absolute Gasteiger partial charge is 0.340 e. The van der Waals surface area contributed by atoms with Crippen molar-refractivity contribution in [3.8, 4) is 11.1 Å². The summed E-state index contributed by atoms with van der Waals surface area (Å²) in [6, 6.07) is 8.10. The van der Waals surface area contributed by atoms with Crippen LogP contribution >= 0.6 is 0 Å². The van der Waals surface area contributed by atoms with Gasteiger partial charge < -0.3 is 9.80 Å². The average molecular weight is 407 g/mol. The molecular weight excluding hydrogens is 376 g/mol. The molecule has 3 heterocycles. The quantitative estimate of drug-likeness (QED) is 0.783. The summed E-state index contributed by atoms with van der Waals surface area (Å²) in [5, 5.41) is 0. The van der Waals surface area contributed by atoms with Crippen molar-refractivity contribution in [2.45, 2.75) is 58.4 Å². The van der Waals surface area contributed by atoms with Crippen LogP contribution < -0.4 is 0 Å². The van der Waals surface area contributed by atoms with Gasteiger partial charge in [0.05, 0.1) is 5.69 Å². The van der Waals surface area contributed by atoms with E-state index in [1.54, 1.807) is 11.8 Å². The van der Waals surface area contributed by atoms with Crippen LogP contribution in [-0.2, 0) is 9.59 Å². The fourth-order valence-electron chi connectivity index (χ4n) is 4.85. The van der Waals surface area contributed by atoms with Gasteiger partial charge in [0, 0.05) is 44.2 Å². The van der Waals surface area contributed by atoms with E-state index in [4.69, 9.17) is 4.98 Å². The van der Waals surface area contributed by atoms with Crippen LogP contribution in [0.25, 0.3) is 11.1 Å². The van der Waals surface area contributed by atoms with Gasteiger partial charge in [-0.3, -0.25) is 9.59 Å². The molecule has 6 nitrogen and oxygen atoms in total. The van der Waals surface area contributed by atoms with Crippen molar-refractivity contribution in [2.24, 2.45) is 0 Å². The number of amides is 2. The zero-order chi connectivity index (χ0) is 21.3. The Morgan fingerprint density at radius 2 is 1.90 bits per heavy atom. The second-order valence-electron chi connectivity index (χ2n) is 8.58. The first-order valence-electron chi connectivity index (χ1n) is 10.9. The zero-order valence-electron chi connectivity index (χ0n) is 18.1. The van der Waals surface area contributed by atoms with Crippen molar-refractivity contribution in [3.63, 3.8) is 0 Å². The van der Waals surface area contributed by atoms with Crippen molar-refractivity contribution >= 4 is 11.8 Å². The third-order valence-electron chi connectivity index (χ3n) is 6.33. The van der Waals surface area contributed by atoms with Crippen molar-refractivity contribution in [2.75, 3.05) is 19.6 Å². The topological polar surface area (TPSA) is 66.4 Å². The summed E-state index contributed by atoms with van der Waals surface area (Å²) < 4.78 is 0. The van der Waals surface area contributed by atoms with E-state index in [2.05, 4.69) is 36.2 Å². The summed E-state index contributed by atoms with van der Waals surface area (Å²) in [6.45, 7) is 7.64. The van der Waals surface area contributed by atoms with Gasteiger partial charge in [-0.1, -0.05) is 29.8 Å². The van der Waals surface area contributed by atoms with E-state index in [9.17, 15) is 9.59 Å². The molecule has 0 aliphatic carbocycles. The van der Waals surface area contributed by atoms with Gasteiger partial charge in [0.1, 0.15) is 11.9 Å². The Hall–Kier alpha value is -2.76. The highest BCUT2D eigenvalue weighted by atomic mass is 16.2. The van der Waals surface area contributed by atoms with Crippen molar-refractivity contribution < 1.29 is 9.59 Å². The maximum atomic E-state index is 13.3. The molecule has 0 unspecified atom stereocenters. The van der Waals surface area contributed by atoms with E-state index < -0.39 is 0 Å². The standard InChI is InChI=1S/C24H30N4O2/c1-16-7-4-8-19(13-16)21-14-25-17(2)26-23(21)20-9-5-11-27(15-20)24(30)22-10-6-12-28(22)18(3)29/h4,7-8,13-14,20,22H,5-6,9-12,15H2,1-3H3/t20-,22+/m1/s1. The van der Waals surface area contributed by atoms with E-state index in [-0.39, 0.29) is 23.8 Å². The number of hydrogen-bond donors (Lipinski definition) is 0. The molecule has 2 amide bonds. The predicted molar refractivity (Wildman–Crippen MR) is 116 cm³/mol. The Balaban J connectivity index is 1.60. The number of nitrogens with zero attached hydrogens (tertiary/aromatic N) is 4. The summed E-state index contributed by atoms with van der Waals surface area (Å²) in [7, 11) is 0. The van der Waals surface area contributed by atoms with Crippen molar-refractivity contribution in [3.05, 3.63) is 47.5 Å². The Labute approximate surface area is 178 Å². The van der Waals surface area contributed by atoms with Crippen molar-refractivity contribution in [1.29, 1.82) is 0 Å². The lowest BCUT2D eigenvalue weighted by atomic mass is 9.89. The average Bonchev–Trinajstić information content (AvgIpc) is 3.23. The number of aromatic nitrogens is 2. The van der Waals surface area contributed by atoms with Crippen LogP contribution in [0, 0.1) is 13.8 Å². The molecule has 0 radical (unpaired) electrons. The Kier molecular flexibility index (Phi) is 5.84. The molecule has 2 atom stereocenters. The summed E-state index contributed by atoms with van der Waals surface area (Å²) >= 11 is 0. The maximum absolute atomic E-state index is 13.3. The van der Waals surface area contributed by atoms with Crippen LogP contribution in [0.2, 0.25) is 0 Å². The second-order valence-corrected chi connectivity index (χ2v) is 8.58. The molecule has 4 rings (SSSR count). The van der Waals surface area contributed by atoms with Crippen LogP contribution in [0.15, 0.2) is 30.5 Å². The molecule has 2 aromatic rings. The van der Waals surface area contributed by atoms with Gasteiger partial charge in [-0.2, -0.15) is 0 Å². The molecular formula is C24H30N4O2. The van der Waals surface area contributed by atoms with Crippen LogP contribution in [0.1, 0.15) is 55.6 Å². The number of carbonyl (C=O) groups excluding carboxylic acids is 2. The number of carbonyl (C=O) groups is 2. The highest BCUT2D eigenvalue weighted by Crippen LogP contribution is 2.34. The Morgan fingerprint density at radius 1 is 1.10 bits per heavy atom. The smallest absolute Gasteiger partial charge is 0.245 e. The minimum atomic E-state index is -0.301. The lowest BCUT2D eigenvalue weighted by molar-refractivity contribution is -0.143. The highest BCUT2D eigenvalue weighted by Gasteiger charge is 2.37. The molecule has 1 aromatic heterocycles. The number of hydrogen-bond acceptors (Lipinski definition) is 4. The van der Waals surface area contributed by atoms with E-state index >= 15 is 0 Å². The summed E-state index contributed by atoms with van der Waals surface area (Å²) in [6.07, 6.45) is 5.53. The summed E-state index contributed by atoms with van der Waals surface area (Å²) in [5.41, 5.74) is 4.40. The normalized spacial score (nSPS) is 21.7. The van der Waals surface area contributed by atoms with Crippen LogP contribution in [0.4, 0.5) is 0 Å². The SMILES string of the molecule is CC(=O)N1CCC[C@H]1C(=O)N1CCC[C@@H](c2nc(C)ncc2-c2cccc(C)c2)C1. The minimum Gasteiger partial charge on any atom is -0.340 e. The molecule has 2 saturated heterocycles. The van der Waals surface area contributed by atoms with Gasteiger partial charge in [0.2, 0.25) is 11.8 Å². The number of likely N-dealkylation sites (tertiary alicyclic amines) is 2. The molecule has 30 heavy (non-hydrogen) atoms. The molecule has 1 aromatic carbocycles. The first-order valence-corrected chi connectivity index (χ1v) is 10.9. The first kappa shape index (κ1) is 20.5. The molecule has 2 fully saturated rings. The fraction of sp³-hybridized carbons (Fsp3) is 0.500. The van der Waals surface area contributed by atoms with Crippen LogP contribution in [0.5, 0.6) is 0 Å². The molecule has 0 spiro atoms. The number of aryl methyl sites for hydroxylation is 2. The zero-order valence-corrected chi connectivity index (χ0v) is 18.1. The van der Waals surface area contributed by atoms with Gasteiger partial charge in [-0.25, -0.2) is 9.97 Å². The van der Waals surface area contributed by atoms with Crippen molar-refractivity contribution in [1.82, 2.24) is 19.8 Å². The van der Waals surface area contributed by atoms with Crippen LogP contribution in [0.3, 0.4) is 0 Å².